The average molecular weight is 367 g/mol. The molecule has 1 aliphatic heterocycles. The Morgan fingerprint density at radius 1 is 1.19 bits per heavy atom. The Bertz CT molecular complexity index is 850. The lowest BCUT2D eigenvalue weighted by Crippen LogP contribution is -2.46. The fraction of sp³-hybridized carbons (Fsp3) is 0.400. The van der Waals surface area contributed by atoms with Crippen LogP contribution in [0.2, 0.25) is 0 Å². The van der Waals surface area contributed by atoms with Gasteiger partial charge in [-0.1, -0.05) is 13.0 Å². The number of rotatable bonds is 2. The lowest BCUT2D eigenvalue weighted by atomic mass is 9.92. The molecule has 1 aliphatic rings. The SMILES string of the molecule is Cc1ccc([C@@H]2CC[C@@H](C)CN2C(=O)C(=O)Nc2cnc(N)c(C)c2)nc1. The summed E-state index contributed by atoms with van der Waals surface area (Å²) in [4.78, 5) is 35.6. The molecule has 2 amide bonds. The monoisotopic (exact) mass is 367 g/mol. The lowest BCUT2D eigenvalue weighted by Gasteiger charge is -2.38. The molecule has 2 aromatic heterocycles. The van der Waals surface area contributed by atoms with Gasteiger partial charge < -0.3 is 16.0 Å². The quantitative estimate of drug-likeness (QED) is 0.795. The van der Waals surface area contributed by atoms with Crippen molar-refractivity contribution in [1.29, 1.82) is 0 Å². The number of aromatic nitrogens is 2. The minimum atomic E-state index is -0.674. The third kappa shape index (κ3) is 4.24. The summed E-state index contributed by atoms with van der Waals surface area (Å²) in [7, 11) is 0. The Morgan fingerprint density at radius 3 is 2.63 bits per heavy atom. The minimum Gasteiger partial charge on any atom is -0.383 e. The van der Waals surface area contributed by atoms with Gasteiger partial charge in [0.15, 0.2) is 0 Å². The number of piperidine rings is 1. The summed E-state index contributed by atoms with van der Waals surface area (Å²) < 4.78 is 0. The van der Waals surface area contributed by atoms with Crippen LogP contribution in [-0.2, 0) is 9.59 Å². The van der Waals surface area contributed by atoms with Crippen molar-refractivity contribution in [3.05, 3.63) is 47.4 Å². The Balaban J connectivity index is 1.79. The van der Waals surface area contributed by atoms with Crippen LogP contribution in [0.3, 0.4) is 0 Å². The average Bonchev–Trinajstić information content (AvgIpc) is 2.65. The van der Waals surface area contributed by atoms with Crippen molar-refractivity contribution in [2.24, 2.45) is 5.92 Å². The molecule has 2 aromatic rings. The highest BCUT2D eigenvalue weighted by molar-refractivity contribution is 6.39. The van der Waals surface area contributed by atoms with Crippen LogP contribution >= 0.6 is 0 Å². The molecule has 0 spiro atoms. The van der Waals surface area contributed by atoms with Gasteiger partial charge >= 0.3 is 11.8 Å². The van der Waals surface area contributed by atoms with Gasteiger partial charge in [0.25, 0.3) is 0 Å². The summed E-state index contributed by atoms with van der Waals surface area (Å²) in [5.41, 5.74) is 8.77. The zero-order valence-electron chi connectivity index (χ0n) is 15.9. The minimum absolute atomic E-state index is 0.189. The number of carbonyl (C=O) groups excluding carboxylic acids is 2. The van der Waals surface area contributed by atoms with E-state index in [1.165, 1.54) is 6.20 Å². The standard InChI is InChI=1S/C20H25N5O2/c1-12-4-6-16(22-9-12)17-7-5-13(2)11-25(17)20(27)19(26)24-15-8-14(3)18(21)23-10-15/h4,6,8-10,13,17H,5,7,11H2,1-3H3,(H2,21,23)(H,24,26)/t13-,17+/m1/s1. The molecule has 3 heterocycles. The molecule has 0 radical (unpaired) electrons. The van der Waals surface area contributed by atoms with Crippen LogP contribution in [0.4, 0.5) is 11.5 Å². The van der Waals surface area contributed by atoms with Crippen LogP contribution in [0.25, 0.3) is 0 Å². The molecule has 142 valence electrons. The second kappa shape index (κ2) is 7.73. The van der Waals surface area contributed by atoms with E-state index >= 15 is 0 Å². The van der Waals surface area contributed by atoms with E-state index in [1.807, 2.05) is 19.1 Å². The van der Waals surface area contributed by atoms with Crippen LogP contribution in [0.15, 0.2) is 30.6 Å². The number of pyridine rings is 2. The zero-order valence-corrected chi connectivity index (χ0v) is 15.9. The molecule has 27 heavy (non-hydrogen) atoms. The molecule has 7 heteroatoms. The first-order valence-corrected chi connectivity index (χ1v) is 9.11. The smallest absolute Gasteiger partial charge is 0.313 e. The molecule has 0 aromatic carbocycles. The lowest BCUT2D eigenvalue weighted by molar-refractivity contribution is -0.146. The van der Waals surface area contributed by atoms with Gasteiger partial charge in [-0.2, -0.15) is 0 Å². The van der Waals surface area contributed by atoms with E-state index in [0.29, 0.717) is 24.0 Å². The number of hydrogen-bond acceptors (Lipinski definition) is 5. The second-order valence-corrected chi connectivity index (χ2v) is 7.30. The number of nitrogens with two attached hydrogens (primary N) is 1. The predicted molar refractivity (Wildman–Crippen MR) is 104 cm³/mol. The van der Waals surface area contributed by atoms with Crippen molar-refractivity contribution in [1.82, 2.24) is 14.9 Å². The van der Waals surface area contributed by atoms with E-state index < -0.39 is 11.8 Å². The number of likely N-dealkylation sites (tertiary alicyclic amines) is 1. The van der Waals surface area contributed by atoms with Crippen LogP contribution in [0, 0.1) is 19.8 Å². The van der Waals surface area contributed by atoms with Crippen LogP contribution in [0.5, 0.6) is 0 Å². The highest BCUT2D eigenvalue weighted by Gasteiger charge is 2.34. The molecule has 2 atom stereocenters. The van der Waals surface area contributed by atoms with Gasteiger partial charge in [-0.15, -0.1) is 0 Å². The summed E-state index contributed by atoms with van der Waals surface area (Å²) >= 11 is 0. The van der Waals surface area contributed by atoms with Crippen molar-refractivity contribution >= 4 is 23.3 Å². The first kappa shape index (κ1) is 18.8. The van der Waals surface area contributed by atoms with Crippen molar-refractivity contribution in [2.75, 3.05) is 17.6 Å². The number of amides is 2. The molecule has 1 saturated heterocycles. The molecule has 0 unspecified atom stereocenters. The van der Waals surface area contributed by atoms with Crippen LogP contribution < -0.4 is 11.1 Å². The third-order valence-corrected chi connectivity index (χ3v) is 4.92. The molecule has 0 saturated carbocycles. The van der Waals surface area contributed by atoms with Gasteiger partial charge in [0.2, 0.25) is 0 Å². The zero-order chi connectivity index (χ0) is 19.6. The number of hydrogen-bond donors (Lipinski definition) is 2. The highest BCUT2D eigenvalue weighted by atomic mass is 16.2. The van der Waals surface area contributed by atoms with Gasteiger partial charge in [-0.25, -0.2) is 4.98 Å². The molecular formula is C20H25N5O2. The van der Waals surface area contributed by atoms with Gasteiger partial charge in [0, 0.05) is 12.7 Å². The van der Waals surface area contributed by atoms with E-state index in [4.69, 9.17) is 5.73 Å². The molecular weight excluding hydrogens is 342 g/mol. The molecule has 3 N–H and O–H groups in total. The van der Waals surface area contributed by atoms with E-state index in [1.54, 1.807) is 24.1 Å². The first-order chi connectivity index (χ1) is 12.8. The summed E-state index contributed by atoms with van der Waals surface area (Å²) in [6.45, 7) is 6.39. The fourth-order valence-corrected chi connectivity index (χ4v) is 3.33. The molecule has 0 aliphatic carbocycles. The topological polar surface area (TPSA) is 101 Å². The fourth-order valence-electron chi connectivity index (χ4n) is 3.33. The number of nitrogens with zero attached hydrogens (tertiary/aromatic N) is 3. The summed E-state index contributed by atoms with van der Waals surface area (Å²) in [6, 6.07) is 5.42. The number of nitrogens with one attached hydrogen (secondary N) is 1. The highest BCUT2D eigenvalue weighted by Crippen LogP contribution is 2.32. The first-order valence-electron chi connectivity index (χ1n) is 9.11. The van der Waals surface area contributed by atoms with Crippen molar-refractivity contribution in [3.63, 3.8) is 0 Å². The van der Waals surface area contributed by atoms with E-state index in [2.05, 4.69) is 22.2 Å². The van der Waals surface area contributed by atoms with Gasteiger partial charge in [0.1, 0.15) is 5.82 Å². The Hall–Kier alpha value is -2.96. The maximum atomic E-state index is 12.9. The Kier molecular flexibility index (Phi) is 5.39. The predicted octanol–water partition coefficient (Wildman–Crippen LogP) is 2.61. The molecule has 3 rings (SSSR count). The third-order valence-electron chi connectivity index (χ3n) is 4.92. The Morgan fingerprint density at radius 2 is 1.96 bits per heavy atom. The van der Waals surface area contributed by atoms with Crippen molar-refractivity contribution < 1.29 is 9.59 Å². The number of nitrogen functional groups attached to an aromatic ring is 1. The van der Waals surface area contributed by atoms with E-state index in [-0.39, 0.29) is 6.04 Å². The summed E-state index contributed by atoms with van der Waals surface area (Å²) in [6.07, 6.45) is 5.02. The van der Waals surface area contributed by atoms with E-state index in [0.717, 1.165) is 29.7 Å². The number of carbonyl (C=O) groups is 2. The maximum absolute atomic E-state index is 12.9. The van der Waals surface area contributed by atoms with Crippen LogP contribution in [0.1, 0.15) is 42.6 Å². The van der Waals surface area contributed by atoms with Gasteiger partial charge in [-0.05, 0) is 55.9 Å². The summed E-state index contributed by atoms with van der Waals surface area (Å²) in [5.74, 6) is -0.492. The second-order valence-electron chi connectivity index (χ2n) is 7.30. The molecule has 1 fully saturated rings. The normalized spacial score (nSPS) is 19.6. The maximum Gasteiger partial charge on any atom is 0.313 e. The van der Waals surface area contributed by atoms with E-state index in [9.17, 15) is 9.59 Å². The van der Waals surface area contributed by atoms with Crippen molar-refractivity contribution in [3.8, 4) is 0 Å². The van der Waals surface area contributed by atoms with Gasteiger partial charge in [-0.3, -0.25) is 14.6 Å². The number of anilines is 2. The van der Waals surface area contributed by atoms with Gasteiger partial charge in [0.05, 0.1) is 23.6 Å². The Labute approximate surface area is 159 Å². The molecule has 7 nitrogen and oxygen atoms in total. The van der Waals surface area contributed by atoms with Crippen LogP contribution in [-0.4, -0.2) is 33.2 Å². The van der Waals surface area contributed by atoms with Crippen molar-refractivity contribution in [2.45, 2.75) is 39.7 Å². The largest absolute Gasteiger partial charge is 0.383 e. The number of aryl methyl sites for hydroxylation is 2. The summed E-state index contributed by atoms with van der Waals surface area (Å²) in [5, 5.41) is 2.63. The molecule has 0 bridgehead atoms.